The molecule has 0 rings (SSSR count). The van der Waals surface area contributed by atoms with Crippen LogP contribution in [0.5, 0.6) is 0 Å². The summed E-state index contributed by atoms with van der Waals surface area (Å²) >= 11 is 0. The third-order valence-electron chi connectivity index (χ3n) is 0.516. The molecule has 0 bridgehead atoms. The first-order valence-electron chi connectivity index (χ1n) is 2.89. The number of carbonyl (C=O) groups is 2. The SMILES string of the molecule is O=C([O-])C[N+](=O)[O-].O=C([O-])C[N+](=O)[O-].[Pd+2]. The van der Waals surface area contributed by atoms with Crippen LogP contribution < -0.4 is 10.2 Å². The van der Waals surface area contributed by atoms with Gasteiger partial charge in [0.2, 0.25) is 13.1 Å². The summed E-state index contributed by atoms with van der Waals surface area (Å²) in [4.78, 5) is 35.0. The fourth-order valence-electron chi connectivity index (χ4n) is 0.211. The number of carboxylic acid groups (broad SMARTS) is 2. The molecule has 0 fully saturated rings. The Balaban J connectivity index is -0.000000180. The third-order valence-corrected chi connectivity index (χ3v) is 0.516. The zero-order valence-corrected chi connectivity index (χ0v) is 8.45. The molecule has 0 aromatic carbocycles. The molecule has 0 aliphatic rings. The fourth-order valence-corrected chi connectivity index (χ4v) is 0.211. The van der Waals surface area contributed by atoms with Crippen molar-refractivity contribution in [3.8, 4) is 0 Å². The minimum absolute atomic E-state index is 0. The summed E-state index contributed by atoms with van der Waals surface area (Å²) in [7, 11) is 0. The Kier molecular flexibility index (Phi) is 13.3. The molecule has 0 aliphatic heterocycles. The number of carboxylic acids is 2. The van der Waals surface area contributed by atoms with E-state index in [1.54, 1.807) is 0 Å². The molecule has 11 heteroatoms. The van der Waals surface area contributed by atoms with E-state index in [0.717, 1.165) is 0 Å². The Morgan fingerprint density at radius 1 is 0.867 bits per heavy atom. The van der Waals surface area contributed by atoms with Gasteiger partial charge in [-0.3, -0.25) is 20.2 Å². The number of rotatable bonds is 4. The van der Waals surface area contributed by atoms with Crippen LogP contribution in [0.2, 0.25) is 0 Å². The van der Waals surface area contributed by atoms with E-state index in [4.69, 9.17) is 0 Å². The van der Waals surface area contributed by atoms with Gasteiger partial charge in [0, 0.05) is 9.85 Å². The van der Waals surface area contributed by atoms with E-state index in [9.17, 15) is 40.0 Å². The van der Waals surface area contributed by atoms with E-state index in [2.05, 4.69) is 0 Å². The van der Waals surface area contributed by atoms with Gasteiger partial charge in [-0.25, -0.2) is 0 Å². The van der Waals surface area contributed by atoms with Gasteiger partial charge in [-0.05, 0) is 0 Å². The number of aliphatic carboxylic acids is 2. The molecular formula is C4H4N2O8Pd. The number of nitrogens with zero attached hydrogens (tertiary/aromatic N) is 2. The van der Waals surface area contributed by atoms with E-state index in [0.29, 0.717) is 0 Å². The second kappa shape index (κ2) is 10.5. The predicted octanol–water partition coefficient (Wildman–Crippen LogP) is -3.98. The fraction of sp³-hybridized carbons (Fsp3) is 0.500. The Labute approximate surface area is 95.8 Å². The molecule has 0 atom stereocenters. The molecule has 0 spiro atoms. The topological polar surface area (TPSA) is 167 Å². The Bertz CT molecular complexity index is 203. The monoisotopic (exact) mass is 314 g/mol. The van der Waals surface area contributed by atoms with Crippen molar-refractivity contribution in [1.29, 1.82) is 0 Å². The first-order chi connectivity index (χ1) is 6.25. The van der Waals surface area contributed by atoms with E-state index in [1.165, 1.54) is 0 Å². The van der Waals surface area contributed by atoms with E-state index in [-0.39, 0.29) is 20.4 Å². The van der Waals surface area contributed by atoms with Crippen LogP contribution in [-0.2, 0) is 30.0 Å². The average molecular weight is 315 g/mol. The maximum Gasteiger partial charge on any atom is 2.00 e. The Morgan fingerprint density at radius 3 is 1.07 bits per heavy atom. The first-order valence-corrected chi connectivity index (χ1v) is 2.89. The van der Waals surface area contributed by atoms with Crippen molar-refractivity contribution in [3.05, 3.63) is 20.2 Å². The summed E-state index contributed by atoms with van der Waals surface area (Å²) < 4.78 is 0. The van der Waals surface area contributed by atoms with E-state index < -0.39 is 34.9 Å². The van der Waals surface area contributed by atoms with Crippen molar-refractivity contribution in [2.24, 2.45) is 0 Å². The molecule has 10 nitrogen and oxygen atoms in total. The first kappa shape index (κ1) is 19.1. The van der Waals surface area contributed by atoms with Crippen molar-refractivity contribution in [3.63, 3.8) is 0 Å². The smallest absolute Gasteiger partial charge is 0.543 e. The number of carbonyl (C=O) groups excluding carboxylic acids is 2. The van der Waals surface area contributed by atoms with Gasteiger partial charge in [-0.1, -0.05) is 0 Å². The van der Waals surface area contributed by atoms with Crippen molar-refractivity contribution in [1.82, 2.24) is 0 Å². The van der Waals surface area contributed by atoms with Crippen molar-refractivity contribution < 1.29 is 50.1 Å². The van der Waals surface area contributed by atoms with E-state index >= 15 is 0 Å². The van der Waals surface area contributed by atoms with Gasteiger partial charge in [0.25, 0.3) is 0 Å². The molecule has 0 aliphatic carbocycles. The van der Waals surface area contributed by atoms with Crippen LogP contribution in [0.25, 0.3) is 0 Å². The summed E-state index contributed by atoms with van der Waals surface area (Å²) in [5, 5.41) is 36.9. The average Bonchev–Trinajstić information content (AvgIpc) is 1.79. The Hall–Kier alpha value is -1.60. The molecule has 0 saturated heterocycles. The van der Waals surface area contributed by atoms with Crippen LogP contribution in [0.3, 0.4) is 0 Å². The number of nitro groups is 2. The summed E-state index contributed by atoms with van der Waals surface area (Å²) in [6.07, 6.45) is 0. The molecule has 0 aromatic heterocycles. The zero-order chi connectivity index (χ0) is 11.7. The number of hydrogen-bond donors (Lipinski definition) is 0. The van der Waals surface area contributed by atoms with Crippen molar-refractivity contribution >= 4 is 11.9 Å². The summed E-state index contributed by atoms with van der Waals surface area (Å²) in [6.45, 7) is -2.22. The van der Waals surface area contributed by atoms with Gasteiger partial charge < -0.3 is 19.8 Å². The zero-order valence-electron chi connectivity index (χ0n) is 6.89. The summed E-state index contributed by atoms with van der Waals surface area (Å²) in [5.41, 5.74) is 0. The van der Waals surface area contributed by atoms with Gasteiger partial charge >= 0.3 is 20.4 Å². The molecule has 0 amide bonds. The molecule has 15 heavy (non-hydrogen) atoms. The largest absolute Gasteiger partial charge is 2.00 e. The summed E-state index contributed by atoms with van der Waals surface area (Å²) in [6, 6.07) is 0. The summed E-state index contributed by atoms with van der Waals surface area (Å²) in [5.74, 6) is -3.32. The van der Waals surface area contributed by atoms with Crippen LogP contribution in [0.1, 0.15) is 0 Å². The van der Waals surface area contributed by atoms with Gasteiger partial charge in [0.15, 0.2) is 0 Å². The standard InChI is InChI=1S/2C2H3NO4.Pd/c2*4-2(5)1-3(6)7;/h2*1H2,(H,4,5);/q;;+2/p-2. The van der Waals surface area contributed by atoms with Gasteiger partial charge in [-0.15, -0.1) is 0 Å². The number of hydrogen-bond acceptors (Lipinski definition) is 8. The van der Waals surface area contributed by atoms with Crippen LogP contribution >= 0.6 is 0 Å². The predicted molar refractivity (Wildman–Crippen MR) is 33.7 cm³/mol. The molecule has 0 heterocycles. The van der Waals surface area contributed by atoms with Crippen LogP contribution in [0.15, 0.2) is 0 Å². The molecule has 0 aromatic rings. The Morgan fingerprint density at radius 2 is 1.07 bits per heavy atom. The van der Waals surface area contributed by atoms with Crippen LogP contribution in [0.4, 0.5) is 0 Å². The minimum Gasteiger partial charge on any atom is -0.543 e. The molecular weight excluding hydrogens is 310 g/mol. The normalized spacial score (nSPS) is 7.47. The maximum atomic E-state index is 9.26. The second-order valence-electron chi connectivity index (χ2n) is 1.73. The third kappa shape index (κ3) is 32.7. The second-order valence-corrected chi connectivity index (χ2v) is 1.73. The van der Waals surface area contributed by atoms with Crippen molar-refractivity contribution in [2.75, 3.05) is 13.1 Å². The maximum absolute atomic E-state index is 9.26. The van der Waals surface area contributed by atoms with Crippen molar-refractivity contribution in [2.45, 2.75) is 0 Å². The van der Waals surface area contributed by atoms with Gasteiger partial charge in [0.1, 0.15) is 11.9 Å². The van der Waals surface area contributed by atoms with Gasteiger partial charge in [-0.2, -0.15) is 0 Å². The quantitative estimate of drug-likeness (QED) is 0.287. The molecule has 0 saturated carbocycles. The molecule has 0 radical (unpaired) electrons. The van der Waals surface area contributed by atoms with E-state index in [1.807, 2.05) is 0 Å². The van der Waals surface area contributed by atoms with Crippen LogP contribution in [-0.4, -0.2) is 34.9 Å². The van der Waals surface area contributed by atoms with Crippen LogP contribution in [0, 0.1) is 20.2 Å². The molecule has 88 valence electrons. The van der Waals surface area contributed by atoms with Gasteiger partial charge in [0.05, 0.1) is 0 Å². The molecule has 0 unspecified atom stereocenters. The minimum atomic E-state index is -1.66. The molecule has 0 N–H and O–H groups in total.